The minimum atomic E-state index is -4.94. The van der Waals surface area contributed by atoms with Crippen LogP contribution < -0.4 is 18.6 Å². The molecule has 7 heteroatoms. The molecule has 1 unspecified atom stereocenters. The first-order chi connectivity index (χ1) is 9.86. The van der Waals surface area contributed by atoms with Crippen LogP contribution in [0.5, 0.6) is 0 Å². The van der Waals surface area contributed by atoms with E-state index in [-0.39, 0.29) is 16.7 Å². The molecule has 0 spiro atoms. The van der Waals surface area contributed by atoms with Gasteiger partial charge in [0, 0.05) is 0 Å². The Morgan fingerprint density at radius 3 is 2.00 bits per heavy atom. The van der Waals surface area contributed by atoms with E-state index in [1.165, 1.54) is 9.79 Å². The molecular weight excluding hydrogens is 316 g/mol. The van der Waals surface area contributed by atoms with Crippen LogP contribution in [0.4, 0.5) is 0 Å². The van der Waals surface area contributed by atoms with Gasteiger partial charge in [-0.3, -0.25) is 4.79 Å². The Morgan fingerprint density at radius 2 is 1.38 bits per heavy atom. The molecule has 0 saturated heterocycles. The number of benzene rings is 2. The summed E-state index contributed by atoms with van der Waals surface area (Å²) in [4.78, 5) is 14.3. The summed E-state index contributed by atoms with van der Waals surface area (Å²) in [5, 5.41) is 0. The second-order valence-corrected chi connectivity index (χ2v) is 6.88. The second kappa shape index (κ2) is 6.57. The molecule has 1 aliphatic rings. The van der Waals surface area contributed by atoms with E-state index in [1.807, 2.05) is 36.4 Å². The van der Waals surface area contributed by atoms with Crippen LogP contribution in [-0.4, -0.2) is 11.5 Å². The molecule has 0 aliphatic carbocycles. The highest BCUT2D eigenvalue weighted by Crippen LogP contribution is 2.32. The van der Waals surface area contributed by atoms with Crippen LogP contribution in [-0.2, 0) is 10.9 Å². The van der Waals surface area contributed by atoms with E-state index in [4.69, 9.17) is 18.6 Å². The summed E-state index contributed by atoms with van der Waals surface area (Å²) in [6.45, 7) is 0. The minimum absolute atomic E-state index is 0.0452. The van der Waals surface area contributed by atoms with E-state index in [1.54, 1.807) is 0 Å². The monoisotopic (exact) mass is 326 g/mol. The highest BCUT2D eigenvalue weighted by atomic mass is 35.7. The van der Waals surface area contributed by atoms with E-state index in [0.29, 0.717) is 5.75 Å². The van der Waals surface area contributed by atoms with Crippen molar-refractivity contribution >= 4 is 16.7 Å². The predicted octanol–water partition coefficient (Wildman–Crippen LogP) is -1.84. The van der Waals surface area contributed by atoms with Crippen molar-refractivity contribution in [1.29, 1.82) is 0 Å². The SMILES string of the molecule is O=C1C[S+](c2ccccc2)c2ccccc21.[O-][Cl+3]([O-])([O-])[O-]. The molecular formula is C14H11ClO5S. The third-order valence-electron chi connectivity index (χ3n) is 2.76. The fraction of sp³-hybridized carbons (Fsp3) is 0.0714. The Hall–Kier alpha value is -1.41. The lowest BCUT2D eigenvalue weighted by molar-refractivity contribution is -2.00. The molecule has 3 rings (SSSR count). The first kappa shape index (κ1) is 16.0. The largest absolute Gasteiger partial charge is 0.289 e. The first-order valence-corrected chi connectivity index (χ1v) is 8.49. The highest BCUT2D eigenvalue weighted by Gasteiger charge is 2.39. The second-order valence-electron chi connectivity index (χ2n) is 4.15. The topological polar surface area (TPSA) is 109 Å². The molecule has 0 radical (unpaired) electrons. The van der Waals surface area contributed by atoms with Crippen molar-refractivity contribution in [2.24, 2.45) is 0 Å². The summed E-state index contributed by atoms with van der Waals surface area (Å²) in [5.74, 6) is 0.923. The number of Topliss-reactive ketones (excluding diaryl/α,β-unsaturated/α-hetero) is 1. The Morgan fingerprint density at radius 1 is 0.857 bits per heavy atom. The number of ketones is 1. The van der Waals surface area contributed by atoms with Gasteiger partial charge in [0.15, 0.2) is 15.5 Å². The van der Waals surface area contributed by atoms with Crippen molar-refractivity contribution in [3.8, 4) is 0 Å². The molecule has 2 aromatic rings. The number of hydrogen-bond donors (Lipinski definition) is 0. The number of carbonyl (C=O) groups is 1. The van der Waals surface area contributed by atoms with E-state index >= 15 is 0 Å². The van der Waals surface area contributed by atoms with Gasteiger partial charge in [-0.2, -0.15) is 0 Å². The Balaban J connectivity index is 0.000000282. The maximum absolute atomic E-state index is 11.9. The van der Waals surface area contributed by atoms with E-state index in [2.05, 4.69) is 18.2 Å². The van der Waals surface area contributed by atoms with E-state index in [9.17, 15) is 4.79 Å². The van der Waals surface area contributed by atoms with Gasteiger partial charge >= 0.3 is 0 Å². The van der Waals surface area contributed by atoms with E-state index < -0.39 is 10.2 Å². The van der Waals surface area contributed by atoms with Gasteiger partial charge < -0.3 is 0 Å². The third kappa shape index (κ3) is 4.53. The molecule has 1 aliphatic heterocycles. The first-order valence-electron chi connectivity index (χ1n) is 5.86. The van der Waals surface area contributed by atoms with Crippen molar-refractivity contribution in [2.75, 3.05) is 5.75 Å². The van der Waals surface area contributed by atoms with Crippen LogP contribution in [0.25, 0.3) is 0 Å². The Kier molecular flexibility index (Phi) is 5.00. The van der Waals surface area contributed by atoms with Crippen LogP contribution in [0, 0.1) is 10.2 Å². The van der Waals surface area contributed by atoms with Gasteiger partial charge in [0.25, 0.3) is 0 Å². The molecule has 5 nitrogen and oxygen atoms in total. The molecule has 0 amide bonds. The van der Waals surface area contributed by atoms with Crippen molar-refractivity contribution in [2.45, 2.75) is 9.79 Å². The maximum atomic E-state index is 11.9. The van der Waals surface area contributed by atoms with Crippen LogP contribution in [0.1, 0.15) is 10.4 Å². The van der Waals surface area contributed by atoms with Gasteiger partial charge in [-0.1, -0.05) is 30.3 Å². The van der Waals surface area contributed by atoms with Crippen LogP contribution in [0.2, 0.25) is 0 Å². The summed E-state index contributed by atoms with van der Waals surface area (Å²) in [7, 11) is -4.99. The summed E-state index contributed by atoms with van der Waals surface area (Å²) in [6.07, 6.45) is 0. The van der Waals surface area contributed by atoms with Crippen LogP contribution in [0.3, 0.4) is 0 Å². The minimum Gasteiger partial charge on any atom is -0.289 e. The van der Waals surface area contributed by atoms with Gasteiger partial charge in [-0.25, -0.2) is 18.6 Å². The number of carbonyl (C=O) groups excluding carboxylic acids is 1. The molecule has 0 aromatic heterocycles. The van der Waals surface area contributed by atoms with Crippen molar-refractivity contribution in [1.82, 2.24) is 0 Å². The van der Waals surface area contributed by atoms with Crippen molar-refractivity contribution < 1.29 is 33.7 Å². The molecule has 0 saturated carbocycles. The molecule has 110 valence electrons. The fourth-order valence-corrected chi connectivity index (χ4v) is 4.16. The summed E-state index contributed by atoms with van der Waals surface area (Å²) in [6, 6.07) is 18.3. The standard InChI is InChI=1S/C14H11OS.ClHO4/c15-13-10-16(11-6-2-1-3-7-11)14-9-5-4-8-12(13)14;2-1(3,4)5/h1-9H,10H2;(H,2,3,4,5)/q+1;/p-1. The lowest BCUT2D eigenvalue weighted by Crippen LogP contribution is -2.68. The predicted molar refractivity (Wildman–Crippen MR) is 66.0 cm³/mol. The van der Waals surface area contributed by atoms with Crippen molar-refractivity contribution in [3.63, 3.8) is 0 Å². The fourth-order valence-electron chi connectivity index (χ4n) is 1.99. The lowest BCUT2D eigenvalue weighted by atomic mass is 10.2. The van der Waals surface area contributed by atoms with Gasteiger partial charge in [0.2, 0.25) is 5.78 Å². The Bertz CT molecular complexity index is 621. The molecule has 21 heavy (non-hydrogen) atoms. The molecule has 1 heterocycles. The molecule has 1 atom stereocenters. The Labute approximate surface area is 126 Å². The highest BCUT2D eigenvalue weighted by molar-refractivity contribution is 7.98. The van der Waals surface area contributed by atoms with Gasteiger partial charge in [-0.15, -0.1) is 10.2 Å². The summed E-state index contributed by atoms with van der Waals surface area (Å²) in [5.41, 5.74) is 0.912. The quantitative estimate of drug-likeness (QED) is 0.572. The maximum Gasteiger partial charge on any atom is 0.217 e. The van der Waals surface area contributed by atoms with Gasteiger partial charge in [-0.05, 0) is 24.3 Å². The average molecular weight is 327 g/mol. The molecule has 2 aromatic carbocycles. The lowest BCUT2D eigenvalue weighted by Gasteiger charge is -2.17. The number of fused-ring (bicyclic) bond motifs is 1. The van der Waals surface area contributed by atoms with Crippen LogP contribution in [0.15, 0.2) is 64.4 Å². The third-order valence-corrected chi connectivity index (χ3v) is 5.04. The van der Waals surface area contributed by atoms with E-state index in [0.717, 1.165) is 5.56 Å². The van der Waals surface area contributed by atoms with Gasteiger partial charge in [0.1, 0.15) is 0 Å². The number of halogens is 1. The summed E-state index contributed by atoms with van der Waals surface area (Å²) < 4.78 is 34.0. The molecule has 0 bridgehead atoms. The normalized spacial score (nSPS) is 17.0. The summed E-state index contributed by atoms with van der Waals surface area (Å²) >= 11 is 0. The van der Waals surface area contributed by atoms with Gasteiger partial charge in [0.05, 0.1) is 16.5 Å². The van der Waals surface area contributed by atoms with Crippen LogP contribution >= 0.6 is 0 Å². The average Bonchev–Trinajstić information content (AvgIpc) is 2.76. The zero-order chi connectivity index (χ0) is 15.5. The zero-order valence-electron chi connectivity index (χ0n) is 10.7. The van der Waals surface area contributed by atoms with Crippen molar-refractivity contribution in [3.05, 3.63) is 60.2 Å². The molecule has 0 fully saturated rings. The number of hydrogen-bond acceptors (Lipinski definition) is 5. The smallest absolute Gasteiger partial charge is 0.217 e. The number of rotatable bonds is 1. The molecule has 0 N–H and O–H groups in total. The zero-order valence-corrected chi connectivity index (χ0v) is 12.3.